The number of halogens is 1. The second kappa shape index (κ2) is 7.01. The number of rotatable bonds is 4. The zero-order valence-corrected chi connectivity index (χ0v) is 15.9. The second-order valence-electron chi connectivity index (χ2n) is 6.62. The number of carbonyl (C=O) groups is 1. The molecule has 0 spiro atoms. The third-order valence-electron chi connectivity index (χ3n) is 4.69. The van der Waals surface area contributed by atoms with Crippen LogP contribution in [-0.4, -0.2) is 62.1 Å². The summed E-state index contributed by atoms with van der Waals surface area (Å²) in [5.74, 6) is -0.0610. The molecule has 1 aromatic carbocycles. The Kier molecular flexibility index (Phi) is 5.50. The number of benzene rings is 1. The summed E-state index contributed by atoms with van der Waals surface area (Å²) in [5.41, 5.74) is 5.33. The SMILES string of the molecule is CS(=O)(=O)c1ccc(N2CCN(C(=O)C3(N)CC3)CC2)c([N+](=O)[O-])c1.Cl. The number of nitro benzene ring substituents is 1. The first kappa shape index (κ1) is 20.4. The van der Waals surface area contributed by atoms with E-state index in [9.17, 15) is 23.3 Å². The Bertz CT molecular complexity index is 832. The van der Waals surface area contributed by atoms with Crippen LogP contribution in [0.15, 0.2) is 23.1 Å². The van der Waals surface area contributed by atoms with E-state index in [4.69, 9.17) is 5.73 Å². The smallest absolute Gasteiger partial charge is 0.293 e. The summed E-state index contributed by atoms with van der Waals surface area (Å²) in [7, 11) is -3.53. The maximum atomic E-state index is 12.3. The van der Waals surface area contributed by atoms with Crippen LogP contribution >= 0.6 is 12.4 Å². The summed E-state index contributed by atoms with van der Waals surface area (Å²) < 4.78 is 23.2. The van der Waals surface area contributed by atoms with Crippen molar-refractivity contribution in [2.24, 2.45) is 5.73 Å². The minimum Gasteiger partial charge on any atom is -0.362 e. The van der Waals surface area contributed by atoms with Crippen molar-refractivity contribution >= 4 is 39.5 Å². The summed E-state index contributed by atoms with van der Waals surface area (Å²) in [6, 6.07) is 3.91. The maximum Gasteiger partial charge on any atom is 0.293 e. The molecule has 1 saturated carbocycles. The van der Waals surface area contributed by atoms with Crippen molar-refractivity contribution in [1.29, 1.82) is 0 Å². The molecule has 1 amide bonds. The van der Waals surface area contributed by atoms with Crippen LogP contribution < -0.4 is 10.6 Å². The van der Waals surface area contributed by atoms with E-state index in [2.05, 4.69) is 0 Å². The topological polar surface area (TPSA) is 127 Å². The molecule has 0 unspecified atom stereocenters. The Morgan fingerprint density at radius 2 is 1.81 bits per heavy atom. The largest absolute Gasteiger partial charge is 0.362 e. The van der Waals surface area contributed by atoms with Crippen LogP contribution in [0.1, 0.15) is 12.8 Å². The minimum absolute atomic E-state index is 0. The average Bonchev–Trinajstić information content (AvgIpc) is 3.32. The summed E-state index contributed by atoms with van der Waals surface area (Å²) in [5, 5.41) is 11.4. The van der Waals surface area contributed by atoms with Gasteiger partial charge >= 0.3 is 0 Å². The van der Waals surface area contributed by atoms with E-state index >= 15 is 0 Å². The average molecular weight is 405 g/mol. The molecule has 2 fully saturated rings. The first-order valence-electron chi connectivity index (χ1n) is 7.93. The number of sulfone groups is 1. The molecule has 1 heterocycles. The molecule has 2 N–H and O–H groups in total. The fraction of sp³-hybridized carbons (Fsp3) is 0.533. The highest BCUT2D eigenvalue weighted by Gasteiger charge is 2.48. The first-order valence-corrected chi connectivity index (χ1v) is 9.83. The Labute approximate surface area is 157 Å². The van der Waals surface area contributed by atoms with Gasteiger partial charge in [0.15, 0.2) is 9.84 Å². The van der Waals surface area contributed by atoms with Crippen molar-refractivity contribution in [3.63, 3.8) is 0 Å². The highest BCUT2D eigenvalue weighted by atomic mass is 35.5. The highest BCUT2D eigenvalue weighted by Crippen LogP contribution is 2.35. The van der Waals surface area contributed by atoms with Gasteiger partial charge in [0.2, 0.25) is 5.91 Å². The lowest BCUT2D eigenvalue weighted by molar-refractivity contribution is -0.384. The van der Waals surface area contributed by atoms with Gasteiger partial charge in [-0.1, -0.05) is 0 Å². The van der Waals surface area contributed by atoms with E-state index in [0.717, 1.165) is 12.3 Å². The number of hydrogen-bond acceptors (Lipinski definition) is 7. The van der Waals surface area contributed by atoms with E-state index in [1.54, 1.807) is 9.80 Å². The van der Waals surface area contributed by atoms with E-state index in [1.807, 2.05) is 0 Å². The number of hydrogen-bond donors (Lipinski definition) is 1. The van der Waals surface area contributed by atoms with Crippen LogP contribution in [0.4, 0.5) is 11.4 Å². The fourth-order valence-corrected chi connectivity index (χ4v) is 3.60. The number of nitro groups is 1. The zero-order chi connectivity index (χ0) is 18.4. The molecule has 1 aliphatic heterocycles. The summed E-state index contributed by atoms with van der Waals surface area (Å²) >= 11 is 0. The van der Waals surface area contributed by atoms with Crippen LogP contribution in [0.2, 0.25) is 0 Å². The van der Waals surface area contributed by atoms with Crippen molar-refractivity contribution in [2.75, 3.05) is 37.3 Å². The summed E-state index contributed by atoms with van der Waals surface area (Å²) in [6.45, 7) is 1.73. The summed E-state index contributed by atoms with van der Waals surface area (Å²) in [6.07, 6.45) is 2.41. The van der Waals surface area contributed by atoms with Crippen LogP contribution in [0, 0.1) is 10.1 Å². The number of nitrogens with two attached hydrogens (primary N) is 1. The third-order valence-corrected chi connectivity index (χ3v) is 5.80. The van der Waals surface area contributed by atoms with Crippen molar-refractivity contribution in [1.82, 2.24) is 4.90 Å². The molecule has 3 rings (SSSR count). The van der Waals surface area contributed by atoms with Crippen LogP contribution in [0.3, 0.4) is 0 Å². The molecule has 144 valence electrons. The van der Waals surface area contributed by atoms with Gasteiger partial charge in [0.1, 0.15) is 5.69 Å². The highest BCUT2D eigenvalue weighted by molar-refractivity contribution is 7.90. The standard InChI is InChI=1S/C15H20N4O5S.ClH/c1-25(23,24)11-2-3-12(13(10-11)19(21)22)17-6-8-18(9-7-17)14(20)15(16)4-5-15;/h2-3,10H,4-9,16H2,1H3;1H. The Balaban J connectivity index is 0.00000243. The molecule has 1 aliphatic carbocycles. The quantitative estimate of drug-likeness (QED) is 0.573. The van der Waals surface area contributed by atoms with Gasteiger partial charge < -0.3 is 15.5 Å². The van der Waals surface area contributed by atoms with Crippen molar-refractivity contribution in [3.05, 3.63) is 28.3 Å². The number of anilines is 1. The fourth-order valence-electron chi connectivity index (χ4n) is 2.96. The molecule has 1 saturated heterocycles. The van der Waals surface area contributed by atoms with Gasteiger partial charge in [-0.25, -0.2) is 8.42 Å². The lowest BCUT2D eigenvalue weighted by atomic mass is 10.2. The monoisotopic (exact) mass is 404 g/mol. The van der Waals surface area contributed by atoms with Crippen LogP contribution in [-0.2, 0) is 14.6 Å². The number of amides is 1. The van der Waals surface area contributed by atoms with Crippen molar-refractivity contribution < 1.29 is 18.1 Å². The lowest BCUT2D eigenvalue weighted by Crippen LogP contribution is -2.54. The number of nitrogens with zero attached hydrogens (tertiary/aromatic N) is 3. The molecule has 2 aliphatic rings. The Hall–Kier alpha value is -1.91. The number of piperazine rings is 1. The van der Waals surface area contributed by atoms with Gasteiger partial charge in [0.25, 0.3) is 5.69 Å². The van der Waals surface area contributed by atoms with Gasteiger partial charge in [-0.3, -0.25) is 14.9 Å². The van der Waals surface area contributed by atoms with E-state index in [1.165, 1.54) is 12.1 Å². The first-order chi connectivity index (χ1) is 11.6. The normalized spacial score (nSPS) is 18.8. The third kappa shape index (κ3) is 3.92. The lowest BCUT2D eigenvalue weighted by Gasteiger charge is -2.37. The predicted molar refractivity (Wildman–Crippen MR) is 98.4 cm³/mol. The molecule has 0 atom stereocenters. The zero-order valence-electron chi connectivity index (χ0n) is 14.3. The predicted octanol–water partition coefficient (Wildman–Crippen LogP) is 0.560. The van der Waals surface area contributed by atoms with Crippen molar-refractivity contribution in [2.45, 2.75) is 23.3 Å². The molecular formula is C15H21ClN4O5S. The molecule has 0 radical (unpaired) electrons. The maximum absolute atomic E-state index is 12.3. The van der Waals surface area contributed by atoms with Gasteiger partial charge in [-0.2, -0.15) is 0 Å². The van der Waals surface area contributed by atoms with Gasteiger partial charge in [-0.05, 0) is 25.0 Å². The van der Waals surface area contributed by atoms with Crippen LogP contribution in [0.5, 0.6) is 0 Å². The number of carbonyl (C=O) groups excluding carboxylic acids is 1. The van der Waals surface area contributed by atoms with E-state index in [-0.39, 0.29) is 28.9 Å². The molecule has 11 heteroatoms. The van der Waals surface area contributed by atoms with Gasteiger partial charge in [-0.15, -0.1) is 12.4 Å². The van der Waals surface area contributed by atoms with E-state index < -0.39 is 20.3 Å². The van der Waals surface area contributed by atoms with Crippen LogP contribution in [0.25, 0.3) is 0 Å². The molecule has 0 aromatic heterocycles. The summed E-state index contributed by atoms with van der Waals surface area (Å²) in [4.78, 5) is 26.4. The Morgan fingerprint density at radius 3 is 2.27 bits per heavy atom. The minimum atomic E-state index is -3.53. The Morgan fingerprint density at radius 1 is 1.23 bits per heavy atom. The molecule has 26 heavy (non-hydrogen) atoms. The molecule has 0 bridgehead atoms. The molecule has 9 nitrogen and oxygen atoms in total. The second-order valence-corrected chi connectivity index (χ2v) is 8.63. The molecular weight excluding hydrogens is 384 g/mol. The van der Waals surface area contributed by atoms with Crippen molar-refractivity contribution in [3.8, 4) is 0 Å². The van der Waals surface area contributed by atoms with Gasteiger partial charge in [0, 0.05) is 38.5 Å². The van der Waals surface area contributed by atoms with E-state index in [0.29, 0.717) is 44.7 Å². The van der Waals surface area contributed by atoms with Gasteiger partial charge in [0.05, 0.1) is 15.4 Å². The molecule has 1 aromatic rings.